The van der Waals surface area contributed by atoms with Gasteiger partial charge in [-0.05, 0) is 45.0 Å². The molecule has 112 valence electrons. The third kappa shape index (κ3) is 2.96. The lowest BCUT2D eigenvalue weighted by Gasteiger charge is -2.43. The van der Waals surface area contributed by atoms with Gasteiger partial charge >= 0.3 is 0 Å². The summed E-state index contributed by atoms with van der Waals surface area (Å²) in [5.41, 5.74) is 0.490. The summed E-state index contributed by atoms with van der Waals surface area (Å²) < 4.78 is 25.1. The second-order valence-electron chi connectivity index (χ2n) is 5.69. The van der Waals surface area contributed by atoms with Crippen LogP contribution in [0.25, 0.3) is 0 Å². The predicted octanol–water partition coefficient (Wildman–Crippen LogP) is 3.44. The third-order valence-electron chi connectivity index (χ3n) is 4.15. The molecular weight excluding hydrogens is 257 g/mol. The van der Waals surface area contributed by atoms with Crippen LogP contribution in [0.2, 0.25) is 0 Å². The second-order valence-corrected chi connectivity index (χ2v) is 5.69. The number of fused-ring (bicyclic) bond motifs is 1. The Hall–Kier alpha value is -1.13. The number of halogens is 1. The molecule has 4 heteroatoms. The SMILES string of the molecule is CCCNC1CC(C)(C(C)OC)Oc2ccc(F)cc21. The van der Waals surface area contributed by atoms with Crippen LogP contribution in [-0.4, -0.2) is 25.4 Å². The number of benzene rings is 1. The normalized spacial score (nSPS) is 26.8. The molecule has 3 nitrogen and oxygen atoms in total. The van der Waals surface area contributed by atoms with Crippen molar-refractivity contribution in [3.05, 3.63) is 29.6 Å². The van der Waals surface area contributed by atoms with Gasteiger partial charge in [0, 0.05) is 25.1 Å². The number of hydrogen-bond donors (Lipinski definition) is 1. The number of rotatable bonds is 5. The van der Waals surface area contributed by atoms with Crippen molar-refractivity contribution >= 4 is 0 Å². The van der Waals surface area contributed by atoms with E-state index in [0.717, 1.165) is 30.7 Å². The highest BCUT2D eigenvalue weighted by molar-refractivity contribution is 5.39. The van der Waals surface area contributed by atoms with Crippen LogP contribution in [0.4, 0.5) is 4.39 Å². The highest BCUT2D eigenvalue weighted by Crippen LogP contribution is 2.41. The second kappa shape index (κ2) is 6.10. The standard InChI is InChI=1S/C16H24FNO2/c1-5-8-18-14-10-16(3,11(2)19-4)20-15-7-6-12(17)9-13(14)15/h6-7,9,11,14,18H,5,8,10H2,1-4H3. The Balaban J connectivity index is 2.33. The van der Waals surface area contributed by atoms with E-state index in [1.807, 2.05) is 13.8 Å². The Morgan fingerprint density at radius 1 is 1.55 bits per heavy atom. The van der Waals surface area contributed by atoms with Gasteiger partial charge in [-0.15, -0.1) is 0 Å². The summed E-state index contributed by atoms with van der Waals surface area (Å²) in [5.74, 6) is 0.525. The molecule has 0 aliphatic carbocycles. The van der Waals surface area contributed by atoms with Crippen molar-refractivity contribution in [2.75, 3.05) is 13.7 Å². The first-order valence-electron chi connectivity index (χ1n) is 7.25. The molecule has 0 saturated carbocycles. The first kappa shape index (κ1) is 15.3. The zero-order valence-corrected chi connectivity index (χ0v) is 12.7. The zero-order valence-electron chi connectivity index (χ0n) is 12.7. The topological polar surface area (TPSA) is 30.5 Å². The van der Waals surface area contributed by atoms with Gasteiger partial charge in [-0.3, -0.25) is 0 Å². The lowest BCUT2D eigenvalue weighted by atomic mass is 9.85. The Morgan fingerprint density at radius 3 is 2.95 bits per heavy atom. The summed E-state index contributed by atoms with van der Waals surface area (Å²) in [7, 11) is 1.69. The summed E-state index contributed by atoms with van der Waals surface area (Å²) >= 11 is 0. The van der Waals surface area contributed by atoms with Crippen molar-refractivity contribution in [2.24, 2.45) is 0 Å². The van der Waals surface area contributed by atoms with E-state index in [-0.39, 0.29) is 18.0 Å². The monoisotopic (exact) mass is 281 g/mol. The number of ether oxygens (including phenoxy) is 2. The van der Waals surface area contributed by atoms with E-state index in [0.29, 0.717) is 0 Å². The smallest absolute Gasteiger partial charge is 0.134 e. The van der Waals surface area contributed by atoms with E-state index in [1.165, 1.54) is 6.07 Å². The summed E-state index contributed by atoms with van der Waals surface area (Å²) in [5, 5.41) is 3.49. The van der Waals surface area contributed by atoms with Crippen LogP contribution >= 0.6 is 0 Å². The fourth-order valence-electron chi connectivity index (χ4n) is 2.69. The van der Waals surface area contributed by atoms with Crippen LogP contribution in [0.1, 0.15) is 45.2 Å². The Morgan fingerprint density at radius 2 is 2.30 bits per heavy atom. The maximum absolute atomic E-state index is 13.5. The van der Waals surface area contributed by atoms with Crippen LogP contribution in [0.3, 0.4) is 0 Å². The molecule has 1 heterocycles. The van der Waals surface area contributed by atoms with Gasteiger partial charge in [-0.2, -0.15) is 0 Å². The highest BCUT2D eigenvalue weighted by Gasteiger charge is 2.41. The van der Waals surface area contributed by atoms with E-state index in [9.17, 15) is 4.39 Å². The summed E-state index contributed by atoms with van der Waals surface area (Å²) in [6.45, 7) is 7.08. The van der Waals surface area contributed by atoms with Crippen LogP contribution in [0.15, 0.2) is 18.2 Å². The van der Waals surface area contributed by atoms with E-state index in [4.69, 9.17) is 9.47 Å². The van der Waals surface area contributed by atoms with E-state index < -0.39 is 5.60 Å². The molecule has 3 unspecified atom stereocenters. The largest absolute Gasteiger partial charge is 0.484 e. The Bertz CT molecular complexity index is 466. The van der Waals surface area contributed by atoms with Crippen LogP contribution < -0.4 is 10.1 Å². The summed E-state index contributed by atoms with van der Waals surface area (Å²) in [6.07, 6.45) is 1.77. The molecule has 0 radical (unpaired) electrons. The molecule has 1 aliphatic rings. The van der Waals surface area contributed by atoms with Crippen molar-refractivity contribution in [3.63, 3.8) is 0 Å². The van der Waals surface area contributed by atoms with Gasteiger partial charge in [-0.25, -0.2) is 4.39 Å². The minimum absolute atomic E-state index is 0.0355. The minimum Gasteiger partial charge on any atom is -0.484 e. The fourth-order valence-corrected chi connectivity index (χ4v) is 2.69. The zero-order chi connectivity index (χ0) is 14.8. The van der Waals surface area contributed by atoms with Crippen molar-refractivity contribution in [1.82, 2.24) is 5.32 Å². The molecule has 0 fully saturated rings. The predicted molar refractivity (Wildman–Crippen MR) is 77.6 cm³/mol. The quantitative estimate of drug-likeness (QED) is 0.896. The van der Waals surface area contributed by atoms with Gasteiger partial charge in [-0.1, -0.05) is 6.92 Å². The van der Waals surface area contributed by atoms with Crippen molar-refractivity contribution in [3.8, 4) is 5.75 Å². The Labute approximate surface area is 120 Å². The van der Waals surface area contributed by atoms with Crippen LogP contribution in [-0.2, 0) is 4.74 Å². The lowest BCUT2D eigenvalue weighted by Crippen LogP contribution is -2.50. The van der Waals surface area contributed by atoms with E-state index >= 15 is 0 Å². The molecular formula is C16H24FNO2. The molecule has 0 saturated heterocycles. The van der Waals surface area contributed by atoms with Gasteiger partial charge in [0.25, 0.3) is 0 Å². The number of hydrogen-bond acceptors (Lipinski definition) is 3. The summed E-state index contributed by atoms with van der Waals surface area (Å²) in [4.78, 5) is 0. The third-order valence-corrected chi connectivity index (χ3v) is 4.15. The number of methoxy groups -OCH3 is 1. The first-order valence-corrected chi connectivity index (χ1v) is 7.25. The molecule has 2 rings (SSSR count). The van der Waals surface area contributed by atoms with Crippen molar-refractivity contribution in [2.45, 2.75) is 51.4 Å². The average Bonchev–Trinajstić information content (AvgIpc) is 2.44. The molecule has 1 aromatic carbocycles. The van der Waals surface area contributed by atoms with E-state index in [2.05, 4.69) is 12.2 Å². The van der Waals surface area contributed by atoms with Gasteiger partial charge in [0.2, 0.25) is 0 Å². The molecule has 20 heavy (non-hydrogen) atoms. The average molecular weight is 281 g/mol. The molecule has 1 aromatic rings. The maximum Gasteiger partial charge on any atom is 0.134 e. The van der Waals surface area contributed by atoms with Crippen LogP contribution in [0, 0.1) is 5.82 Å². The van der Waals surface area contributed by atoms with Gasteiger partial charge < -0.3 is 14.8 Å². The molecule has 1 aliphatic heterocycles. The molecule has 0 spiro atoms. The lowest BCUT2D eigenvalue weighted by molar-refractivity contribution is -0.0732. The van der Waals surface area contributed by atoms with Gasteiger partial charge in [0.15, 0.2) is 0 Å². The maximum atomic E-state index is 13.5. The van der Waals surface area contributed by atoms with Gasteiger partial charge in [0.05, 0.1) is 6.10 Å². The molecule has 0 aromatic heterocycles. The molecule has 0 amide bonds. The summed E-state index contributed by atoms with van der Waals surface area (Å²) in [6, 6.07) is 4.82. The van der Waals surface area contributed by atoms with Crippen molar-refractivity contribution in [1.29, 1.82) is 0 Å². The minimum atomic E-state index is -0.412. The number of nitrogens with one attached hydrogen (secondary N) is 1. The molecule has 0 bridgehead atoms. The fraction of sp³-hybridized carbons (Fsp3) is 0.625. The molecule has 3 atom stereocenters. The highest BCUT2D eigenvalue weighted by atomic mass is 19.1. The van der Waals surface area contributed by atoms with Crippen molar-refractivity contribution < 1.29 is 13.9 Å². The Kier molecular flexibility index (Phi) is 4.66. The molecule has 1 N–H and O–H groups in total. The van der Waals surface area contributed by atoms with Gasteiger partial charge in [0.1, 0.15) is 17.2 Å². The first-order chi connectivity index (χ1) is 9.50. The van der Waals surface area contributed by atoms with Crippen LogP contribution in [0.5, 0.6) is 5.75 Å². The van der Waals surface area contributed by atoms with E-state index in [1.54, 1.807) is 19.2 Å².